The highest BCUT2D eigenvalue weighted by molar-refractivity contribution is 7.14. The van der Waals surface area contributed by atoms with Gasteiger partial charge in [0.1, 0.15) is 6.04 Å². The fraction of sp³-hybridized carbons (Fsp3) is 0.250. The first-order valence-electron chi connectivity index (χ1n) is 16.1. The lowest BCUT2D eigenvalue weighted by atomic mass is 9.92. The predicted octanol–water partition coefficient (Wildman–Crippen LogP) is 8.06. The van der Waals surface area contributed by atoms with Gasteiger partial charge in [-0.05, 0) is 60.1 Å². The molecule has 0 saturated heterocycles. The summed E-state index contributed by atoms with van der Waals surface area (Å²) in [7, 11) is 0. The molecular weight excluding hydrogens is 635 g/mol. The maximum absolute atomic E-state index is 13.3. The van der Waals surface area contributed by atoms with Crippen LogP contribution in [0.2, 0.25) is 0 Å². The second-order valence-electron chi connectivity index (χ2n) is 13.2. The molecule has 2 atom stereocenters. The molecule has 0 fully saturated rings. The number of Topliss-reactive ketones (excluding diaryl/α,β-unsaturated/α-hetero) is 2. The van der Waals surface area contributed by atoms with Crippen LogP contribution in [-0.4, -0.2) is 44.6 Å². The minimum absolute atomic E-state index is 0.0384. The Hall–Kier alpha value is -5.28. The Morgan fingerprint density at radius 1 is 0.755 bits per heavy atom. The van der Waals surface area contributed by atoms with E-state index in [1.165, 1.54) is 18.3 Å². The van der Waals surface area contributed by atoms with Crippen molar-refractivity contribution in [3.05, 3.63) is 118 Å². The molecular formula is C40H39N3O5S. The van der Waals surface area contributed by atoms with Gasteiger partial charge >= 0.3 is 5.97 Å². The second kappa shape index (κ2) is 14.9. The number of aromatic nitrogens is 2. The van der Waals surface area contributed by atoms with Gasteiger partial charge in [-0.25, -0.2) is 9.97 Å². The third-order valence-electron chi connectivity index (χ3n) is 8.34. The summed E-state index contributed by atoms with van der Waals surface area (Å²) in [4.78, 5) is 60.3. The molecule has 1 amide bonds. The van der Waals surface area contributed by atoms with Crippen molar-refractivity contribution in [1.29, 1.82) is 0 Å². The summed E-state index contributed by atoms with van der Waals surface area (Å²) in [5, 5.41) is 11.9. The number of hydrogen-bond donors (Lipinski definition) is 2. The molecule has 3 aromatic carbocycles. The van der Waals surface area contributed by atoms with Crippen molar-refractivity contribution >= 4 is 34.8 Å². The van der Waals surface area contributed by atoms with Crippen molar-refractivity contribution in [3.8, 4) is 33.6 Å². The first-order chi connectivity index (χ1) is 23.3. The molecule has 0 spiro atoms. The van der Waals surface area contributed by atoms with Gasteiger partial charge in [0.2, 0.25) is 5.91 Å². The normalized spacial score (nSPS) is 12.6. The summed E-state index contributed by atoms with van der Waals surface area (Å²) in [5.74, 6) is -1.93. The Labute approximate surface area is 290 Å². The van der Waals surface area contributed by atoms with E-state index in [0.717, 1.165) is 38.3 Å². The molecule has 49 heavy (non-hydrogen) atoms. The number of aliphatic carboxylic acids is 1. The summed E-state index contributed by atoms with van der Waals surface area (Å²) in [5.41, 5.74) is 6.12. The number of amides is 1. The SMILES string of the molecule is CC(=O)c1ccc(-c2ccc(-c3cnc(-c4ccc(C[C@H](CC(=O)c5ccc(C(C)(C)C)s5)C(=O)N[C@H](C)C(=O)O)cc4)nc3)cc2)cc1. The molecule has 8 nitrogen and oxygen atoms in total. The maximum Gasteiger partial charge on any atom is 0.325 e. The Morgan fingerprint density at radius 3 is 1.80 bits per heavy atom. The van der Waals surface area contributed by atoms with E-state index in [2.05, 4.69) is 36.1 Å². The van der Waals surface area contributed by atoms with Gasteiger partial charge in [-0.1, -0.05) is 93.6 Å². The van der Waals surface area contributed by atoms with Crippen LogP contribution in [0.25, 0.3) is 33.6 Å². The lowest BCUT2D eigenvalue weighted by Crippen LogP contribution is -2.42. The van der Waals surface area contributed by atoms with Crippen molar-refractivity contribution in [1.82, 2.24) is 15.3 Å². The molecule has 0 aliphatic heterocycles. The van der Waals surface area contributed by atoms with Gasteiger partial charge in [-0.2, -0.15) is 0 Å². The third kappa shape index (κ3) is 8.80. The largest absolute Gasteiger partial charge is 0.480 e. The number of nitrogens with zero attached hydrogens (tertiary/aromatic N) is 2. The molecule has 0 aliphatic rings. The number of rotatable bonds is 12. The molecule has 2 N–H and O–H groups in total. The van der Waals surface area contributed by atoms with Crippen LogP contribution >= 0.6 is 11.3 Å². The van der Waals surface area contributed by atoms with E-state index in [4.69, 9.17) is 0 Å². The quantitative estimate of drug-likeness (QED) is 0.128. The van der Waals surface area contributed by atoms with Crippen molar-refractivity contribution in [2.24, 2.45) is 5.92 Å². The number of benzene rings is 3. The van der Waals surface area contributed by atoms with Crippen LogP contribution in [0.4, 0.5) is 0 Å². The fourth-order valence-corrected chi connectivity index (χ4v) is 6.33. The van der Waals surface area contributed by atoms with E-state index in [9.17, 15) is 24.3 Å². The zero-order valence-corrected chi connectivity index (χ0v) is 29.0. The van der Waals surface area contributed by atoms with Crippen LogP contribution in [0.1, 0.15) is 71.5 Å². The zero-order valence-electron chi connectivity index (χ0n) is 28.2. The van der Waals surface area contributed by atoms with Gasteiger partial charge in [-0.3, -0.25) is 19.2 Å². The minimum atomic E-state index is -1.14. The minimum Gasteiger partial charge on any atom is -0.480 e. The highest BCUT2D eigenvalue weighted by Gasteiger charge is 2.27. The Bertz CT molecular complexity index is 1960. The molecule has 2 aromatic heterocycles. The van der Waals surface area contributed by atoms with Crippen molar-refractivity contribution in [3.63, 3.8) is 0 Å². The van der Waals surface area contributed by atoms with Crippen LogP contribution < -0.4 is 5.32 Å². The Kier molecular flexibility index (Phi) is 10.6. The maximum atomic E-state index is 13.3. The Balaban J connectivity index is 1.27. The molecule has 2 heterocycles. The number of carboxylic acid groups (broad SMARTS) is 1. The number of ketones is 2. The average Bonchev–Trinajstić information content (AvgIpc) is 3.60. The molecule has 5 aromatic rings. The first-order valence-corrected chi connectivity index (χ1v) is 16.9. The van der Waals surface area contributed by atoms with Gasteiger partial charge in [0.25, 0.3) is 0 Å². The van der Waals surface area contributed by atoms with E-state index in [1.807, 2.05) is 78.9 Å². The van der Waals surface area contributed by atoms with E-state index in [0.29, 0.717) is 16.3 Å². The number of nitrogens with one attached hydrogen (secondary N) is 1. The van der Waals surface area contributed by atoms with E-state index < -0.39 is 23.8 Å². The van der Waals surface area contributed by atoms with Crippen LogP contribution in [-0.2, 0) is 21.4 Å². The van der Waals surface area contributed by atoms with Crippen molar-refractivity contribution in [2.45, 2.75) is 58.9 Å². The summed E-state index contributed by atoms with van der Waals surface area (Å²) in [6, 6.07) is 25.8. The van der Waals surface area contributed by atoms with Gasteiger partial charge in [0, 0.05) is 46.3 Å². The highest BCUT2D eigenvalue weighted by atomic mass is 32.1. The topological polar surface area (TPSA) is 126 Å². The van der Waals surface area contributed by atoms with Gasteiger partial charge in [-0.15, -0.1) is 11.3 Å². The fourth-order valence-electron chi connectivity index (χ4n) is 5.32. The van der Waals surface area contributed by atoms with Gasteiger partial charge in [0.15, 0.2) is 17.4 Å². The number of carboxylic acids is 1. The highest BCUT2D eigenvalue weighted by Crippen LogP contribution is 2.31. The second-order valence-corrected chi connectivity index (χ2v) is 14.3. The smallest absolute Gasteiger partial charge is 0.325 e. The number of thiophene rings is 1. The van der Waals surface area contributed by atoms with Gasteiger partial charge < -0.3 is 10.4 Å². The van der Waals surface area contributed by atoms with Gasteiger partial charge in [0.05, 0.1) is 4.88 Å². The van der Waals surface area contributed by atoms with Crippen molar-refractivity contribution in [2.75, 3.05) is 0 Å². The molecule has 0 bridgehead atoms. The van der Waals surface area contributed by atoms with E-state index in [1.54, 1.807) is 25.4 Å². The number of carbonyl (C=O) groups is 4. The van der Waals surface area contributed by atoms with E-state index >= 15 is 0 Å². The third-order valence-corrected chi connectivity index (χ3v) is 9.89. The lowest BCUT2D eigenvalue weighted by Gasteiger charge is -2.18. The van der Waals surface area contributed by atoms with Crippen molar-refractivity contribution < 1.29 is 24.3 Å². The summed E-state index contributed by atoms with van der Waals surface area (Å²) in [6.07, 6.45) is 3.77. The molecule has 0 aliphatic carbocycles. The zero-order chi connectivity index (χ0) is 35.3. The van der Waals surface area contributed by atoms with Crippen LogP contribution in [0.15, 0.2) is 97.3 Å². The molecule has 250 valence electrons. The van der Waals surface area contributed by atoms with E-state index in [-0.39, 0.29) is 29.8 Å². The number of carbonyl (C=O) groups excluding carboxylic acids is 3. The summed E-state index contributed by atoms with van der Waals surface area (Å²) >= 11 is 1.43. The molecule has 5 rings (SSSR count). The van der Waals surface area contributed by atoms with Crippen LogP contribution in [0, 0.1) is 5.92 Å². The first kappa shape index (κ1) is 35.0. The molecule has 9 heteroatoms. The predicted molar refractivity (Wildman–Crippen MR) is 193 cm³/mol. The summed E-state index contributed by atoms with van der Waals surface area (Å²) < 4.78 is 0. The Morgan fingerprint density at radius 2 is 1.29 bits per heavy atom. The number of hydrogen-bond acceptors (Lipinski definition) is 7. The van der Waals surface area contributed by atoms with Crippen LogP contribution in [0.3, 0.4) is 0 Å². The molecule has 0 unspecified atom stereocenters. The van der Waals surface area contributed by atoms with Crippen LogP contribution in [0.5, 0.6) is 0 Å². The molecule has 0 radical (unpaired) electrons. The molecule has 0 saturated carbocycles. The average molecular weight is 674 g/mol. The standard InChI is InChI=1S/C40H39N3O5S/c1-24(39(47)48)43-38(46)32(21-34(45)35-18-19-36(49-35)40(3,4)5)20-26-6-8-31(9-7-26)37-41-22-33(23-42-37)30-16-14-29(15-17-30)28-12-10-27(11-13-28)25(2)44/h6-19,22-24,32H,20-21H2,1-5H3,(H,43,46)(H,47,48)/t24-,32-/m1/s1. The lowest BCUT2D eigenvalue weighted by molar-refractivity contribution is -0.141. The summed E-state index contributed by atoms with van der Waals surface area (Å²) in [6.45, 7) is 9.20. The monoisotopic (exact) mass is 673 g/mol.